The van der Waals surface area contributed by atoms with Crippen molar-refractivity contribution in [3.8, 4) is 5.75 Å². The molecule has 114 valence electrons. The van der Waals surface area contributed by atoms with Gasteiger partial charge in [0.25, 0.3) is 0 Å². The first-order valence-electron chi connectivity index (χ1n) is 7.11. The van der Waals surface area contributed by atoms with E-state index in [1.807, 2.05) is 30.3 Å². The summed E-state index contributed by atoms with van der Waals surface area (Å²) in [6.45, 7) is 1.70. The highest BCUT2D eigenvalue weighted by atomic mass is 16.5. The van der Waals surface area contributed by atoms with Crippen molar-refractivity contribution in [3.05, 3.63) is 30.3 Å². The number of rotatable bonds is 6. The number of benzene rings is 1. The molecule has 0 saturated carbocycles. The first kappa shape index (κ1) is 15.3. The molecule has 0 spiro atoms. The van der Waals surface area contributed by atoms with Gasteiger partial charge in [0.2, 0.25) is 0 Å². The van der Waals surface area contributed by atoms with E-state index in [0.29, 0.717) is 13.2 Å². The summed E-state index contributed by atoms with van der Waals surface area (Å²) in [7, 11) is 0. The Balaban J connectivity index is 1.56. The lowest BCUT2D eigenvalue weighted by atomic mass is 10.2. The first-order chi connectivity index (χ1) is 10.3. The van der Waals surface area contributed by atoms with E-state index in [-0.39, 0.29) is 12.6 Å². The van der Waals surface area contributed by atoms with Crippen LogP contribution in [0.4, 0.5) is 0 Å². The molecular formula is C15H20N2O4. The van der Waals surface area contributed by atoms with Crippen molar-refractivity contribution >= 4 is 11.8 Å². The Hall–Kier alpha value is -2.08. The quantitative estimate of drug-likeness (QED) is 0.590. The molecule has 0 aromatic heterocycles. The molecule has 21 heavy (non-hydrogen) atoms. The number of carbonyl (C=O) groups excluding carboxylic acids is 2. The van der Waals surface area contributed by atoms with Crippen LogP contribution in [0.15, 0.2) is 30.3 Å². The highest BCUT2D eigenvalue weighted by Gasteiger charge is 2.18. The number of para-hydroxylation sites is 1. The summed E-state index contributed by atoms with van der Waals surface area (Å²) in [4.78, 5) is 23.1. The third kappa shape index (κ3) is 5.43. The van der Waals surface area contributed by atoms with Crippen LogP contribution in [0.5, 0.6) is 5.75 Å². The zero-order chi connectivity index (χ0) is 14.9. The maximum atomic E-state index is 11.5. The minimum atomic E-state index is -0.648. The van der Waals surface area contributed by atoms with Crippen LogP contribution in [0.1, 0.15) is 12.8 Å². The van der Waals surface area contributed by atoms with Gasteiger partial charge in [0.1, 0.15) is 12.4 Å². The number of nitrogens with one attached hydrogen (secondary N) is 2. The summed E-state index contributed by atoms with van der Waals surface area (Å²) in [5, 5.41) is 5.08. The molecule has 6 heteroatoms. The molecule has 2 amide bonds. The van der Waals surface area contributed by atoms with Crippen LogP contribution in [-0.2, 0) is 14.3 Å². The molecule has 0 radical (unpaired) electrons. The van der Waals surface area contributed by atoms with E-state index in [9.17, 15) is 9.59 Å². The summed E-state index contributed by atoms with van der Waals surface area (Å²) < 4.78 is 10.8. The lowest BCUT2D eigenvalue weighted by molar-refractivity contribution is -0.139. The molecule has 0 unspecified atom stereocenters. The van der Waals surface area contributed by atoms with Crippen molar-refractivity contribution in [1.82, 2.24) is 10.6 Å². The van der Waals surface area contributed by atoms with Gasteiger partial charge in [-0.3, -0.25) is 9.59 Å². The molecule has 2 rings (SSSR count). The Labute approximate surface area is 123 Å². The van der Waals surface area contributed by atoms with Crippen molar-refractivity contribution in [2.24, 2.45) is 0 Å². The van der Waals surface area contributed by atoms with Crippen molar-refractivity contribution < 1.29 is 19.1 Å². The Morgan fingerprint density at radius 3 is 2.67 bits per heavy atom. The zero-order valence-electron chi connectivity index (χ0n) is 11.8. The van der Waals surface area contributed by atoms with Crippen molar-refractivity contribution in [2.75, 3.05) is 26.3 Å². The van der Waals surface area contributed by atoms with Crippen molar-refractivity contribution in [1.29, 1.82) is 0 Å². The number of carbonyl (C=O) groups is 2. The molecule has 1 aliphatic heterocycles. The molecule has 0 bridgehead atoms. The second-order valence-electron chi connectivity index (χ2n) is 4.76. The van der Waals surface area contributed by atoms with E-state index < -0.39 is 11.8 Å². The summed E-state index contributed by atoms with van der Waals surface area (Å²) in [6, 6.07) is 9.29. The topological polar surface area (TPSA) is 76.7 Å². The Bertz CT molecular complexity index is 458. The van der Waals surface area contributed by atoms with Crippen LogP contribution < -0.4 is 15.4 Å². The van der Waals surface area contributed by atoms with E-state index in [2.05, 4.69) is 10.6 Å². The number of ether oxygens (including phenoxy) is 2. The Kier molecular flexibility index (Phi) is 6.02. The van der Waals surface area contributed by atoms with Gasteiger partial charge < -0.3 is 20.1 Å². The molecule has 1 aromatic rings. The van der Waals surface area contributed by atoms with Crippen LogP contribution in [0.3, 0.4) is 0 Å². The van der Waals surface area contributed by atoms with Gasteiger partial charge >= 0.3 is 11.8 Å². The third-order valence-corrected chi connectivity index (χ3v) is 3.12. The molecular weight excluding hydrogens is 272 g/mol. The SMILES string of the molecule is O=C(NCCOc1ccccc1)C(=O)NC[C@@H]1CCCO1. The average Bonchev–Trinajstić information content (AvgIpc) is 3.03. The molecule has 1 aliphatic rings. The van der Waals surface area contributed by atoms with Crippen LogP contribution in [0.2, 0.25) is 0 Å². The van der Waals surface area contributed by atoms with Gasteiger partial charge in [0.15, 0.2) is 0 Å². The average molecular weight is 292 g/mol. The van der Waals surface area contributed by atoms with Crippen molar-refractivity contribution in [3.63, 3.8) is 0 Å². The van der Waals surface area contributed by atoms with Crippen LogP contribution >= 0.6 is 0 Å². The fourth-order valence-electron chi connectivity index (χ4n) is 2.02. The van der Waals surface area contributed by atoms with Gasteiger partial charge in [-0.2, -0.15) is 0 Å². The van der Waals surface area contributed by atoms with Gasteiger partial charge in [-0.25, -0.2) is 0 Å². The molecule has 1 fully saturated rings. The second-order valence-corrected chi connectivity index (χ2v) is 4.76. The van der Waals surface area contributed by atoms with E-state index in [1.165, 1.54) is 0 Å². The van der Waals surface area contributed by atoms with Gasteiger partial charge in [0.05, 0.1) is 12.6 Å². The van der Waals surface area contributed by atoms with Gasteiger partial charge in [-0.15, -0.1) is 0 Å². The van der Waals surface area contributed by atoms with Crippen LogP contribution in [-0.4, -0.2) is 44.2 Å². The molecule has 2 N–H and O–H groups in total. The van der Waals surface area contributed by atoms with Gasteiger partial charge in [-0.05, 0) is 25.0 Å². The summed E-state index contributed by atoms with van der Waals surface area (Å²) in [5.41, 5.74) is 0. The van der Waals surface area contributed by atoms with Crippen LogP contribution in [0, 0.1) is 0 Å². The molecule has 6 nitrogen and oxygen atoms in total. The van der Waals surface area contributed by atoms with E-state index in [1.54, 1.807) is 0 Å². The summed E-state index contributed by atoms with van der Waals surface area (Å²) in [5.74, 6) is -0.551. The minimum Gasteiger partial charge on any atom is -0.492 e. The maximum Gasteiger partial charge on any atom is 0.309 e. The lowest BCUT2D eigenvalue weighted by Crippen LogP contribution is -2.43. The molecule has 1 atom stereocenters. The molecule has 1 aromatic carbocycles. The predicted molar refractivity (Wildman–Crippen MR) is 76.9 cm³/mol. The van der Waals surface area contributed by atoms with Crippen LogP contribution in [0.25, 0.3) is 0 Å². The number of hydrogen-bond donors (Lipinski definition) is 2. The summed E-state index contributed by atoms with van der Waals surface area (Å²) >= 11 is 0. The standard InChI is InChI=1S/C15H20N2O4/c18-14(15(19)17-11-13-7-4-9-20-13)16-8-10-21-12-5-2-1-3-6-12/h1-3,5-6,13H,4,7-11H2,(H,16,18)(H,17,19)/t13-/m0/s1. The molecule has 0 aliphatic carbocycles. The first-order valence-corrected chi connectivity index (χ1v) is 7.11. The van der Waals surface area contributed by atoms with Crippen molar-refractivity contribution in [2.45, 2.75) is 18.9 Å². The van der Waals surface area contributed by atoms with Gasteiger partial charge in [0, 0.05) is 13.2 Å². The monoisotopic (exact) mass is 292 g/mol. The molecule has 1 saturated heterocycles. The maximum absolute atomic E-state index is 11.5. The Morgan fingerprint density at radius 2 is 1.95 bits per heavy atom. The number of amides is 2. The fourth-order valence-corrected chi connectivity index (χ4v) is 2.02. The highest BCUT2D eigenvalue weighted by Crippen LogP contribution is 2.10. The van der Waals surface area contributed by atoms with E-state index in [0.717, 1.165) is 25.2 Å². The largest absolute Gasteiger partial charge is 0.492 e. The molecule has 1 heterocycles. The summed E-state index contributed by atoms with van der Waals surface area (Å²) in [6.07, 6.45) is 1.96. The zero-order valence-corrected chi connectivity index (χ0v) is 11.8. The number of hydrogen-bond acceptors (Lipinski definition) is 4. The predicted octanol–water partition coefficient (Wildman–Crippen LogP) is 0.477. The normalized spacial score (nSPS) is 17.2. The third-order valence-electron chi connectivity index (χ3n) is 3.12. The van der Waals surface area contributed by atoms with E-state index in [4.69, 9.17) is 9.47 Å². The van der Waals surface area contributed by atoms with Gasteiger partial charge in [-0.1, -0.05) is 18.2 Å². The fraction of sp³-hybridized carbons (Fsp3) is 0.467. The smallest absolute Gasteiger partial charge is 0.309 e. The minimum absolute atomic E-state index is 0.0307. The highest BCUT2D eigenvalue weighted by molar-refractivity contribution is 6.35. The Morgan fingerprint density at radius 1 is 1.19 bits per heavy atom. The lowest BCUT2D eigenvalue weighted by Gasteiger charge is -2.11. The second kappa shape index (κ2) is 8.26. The van der Waals surface area contributed by atoms with E-state index >= 15 is 0 Å².